The molecule has 0 amide bonds. The molecule has 1 heterocycles. The van der Waals surface area contributed by atoms with Crippen LogP contribution in [-0.4, -0.2) is 23.8 Å². The van der Waals surface area contributed by atoms with Crippen molar-refractivity contribution in [2.75, 3.05) is 0 Å². The molecule has 2 atom stereocenters. The lowest BCUT2D eigenvalue weighted by Crippen LogP contribution is -2.39. The molecule has 0 saturated carbocycles. The van der Waals surface area contributed by atoms with E-state index in [-0.39, 0.29) is 23.3 Å². The van der Waals surface area contributed by atoms with Gasteiger partial charge in [0.05, 0.1) is 0 Å². The van der Waals surface area contributed by atoms with Crippen molar-refractivity contribution < 1.29 is 9.53 Å². The molecule has 1 aliphatic rings. The Labute approximate surface area is 79.2 Å². The zero-order chi connectivity index (χ0) is 10.2. The molecular weight excluding hydrogens is 166 g/mol. The van der Waals surface area contributed by atoms with Crippen molar-refractivity contribution in [3.8, 4) is 0 Å². The van der Waals surface area contributed by atoms with E-state index in [9.17, 15) is 4.79 Å². The van der Waals surface area contributed by atoms with Crippen molar-refractivity contribution in [3.63, 3.8) is 0 Å². The predicted molar refractivity (Wildman–Crippen MR) is 51.9 cm³/mol. The van der Waals surface area contributed by atoms with Crippen LogP contribution in [0, 0.1) is 5.41 Å². The average Bonchev–Trinajstić information content (AvgIpc) is 2.29. The van der Waals surface area contributed by atoms with Crippen LogP contribution < -0.4 is 0 Å². The first kappa shape index (κ1) is 10.2. The minimum atomic E-state index is -0.306. The summed E-state index contributed by atoms with van der Waals surface area (Å²) in [7, 11) is 0. The molecule has 2 unspecified atom stereocenters. The van der Waals surface area contributed by atoms with Gasteiger partial charge in [-0.15, -0.1) is 0 Å². The summed E-state index contributed by atoms with van der Waals surface area (Å²) < 4.78 is 5.53. The number of nitrogens with zero attached hydrogens (tertiary/aromatic N) is 1. The van der Waals surface area contributed by atoms with E-state index in [1.807, 2.05) is 0 Å². The molecule has 0 radical (unpaired) electrons. The number of aliphatic imine (C=N–C) groups is 1. The van der Waals surface area contributed by atoms with E-state index in [0.29, 0.717) is 5.90 Å². The molecule has 0 saturated heterocycles. The molecule has 0 spiro atoms. The smallest absolute Gasteiger partial charge is 0.181 e. The molecule has 1 aliphatic heterocycles. The first-order valence-electron chi connectivity index (χ1n) is 4.54. The van der Waals surface area contributed by atoms with Gasteiger partial charge in [0.15, 0.2) is 11.7 Å². The molecule has 3 nitrogen and oxygen atoms in total. The fourth-order valence-corrected chi connectivity index (χ4v) is 1.50. The van der Waals surface area contributed by atoms with Crippen LogP contribution in [0.5, 0.6) is 0 Å². The van der Waals surface area contributed by atoms with E-state index in [0.717, 1.165) is 0 Å². The van der Waals surface area contributed by atoms with Gasteiger partial charge in [-0.25, -0.2) is 4.99 Å². The quantitative estimate of drug-likeness (QED) is 0.621. The van der Waals surface area contributed by atoms with Gasteiger partial charge in [-0.05, 0) is 6.92 Å². The molecular formula is C10H17NO2. The molecule has 3 heteroatoms. The minimum absolute atomic E-state index is 0.0441. The highest BCUT2D eigenvalue weighted by Crippen LogP contribution is 2.30. The van der Waals surface area contributed by atoms with Crippen molar-refractivity contribution in [1.29, 1.82) is 0 Å². The maximum Gasteiger partial charge on any atom is 0.181 e. The van der Waals surface area contributed by atoms with Crippen LogP contribution in [0.4, 0.5) is 0 Å². The van der Waals surface area contributed by atoms with E-state index < -0.39 is 0 Å². The maximum atomic E-state index is 11.3. The average molecular weight is 183 g/mol. The van der Waals surface area contributed by atoms with Gasteiger partial charge in [-0.2, -0.15) is 0 Å². The van der Waals surface area contributed by atoms with Crippen molar-refractivity contribution in [3.05, 3.63) is 0 Å². The Kier molecular flexibility index (Phi) is 2.46. The third-order valence-corrected chi connectivity index (χ3v) is 2.18. The normalized spacial score (nSPS) is 28.2. The van der Waals surface area contributed by atoms with Crippen LogP contribution >= 0.6 is 0 Å². The molecule has 0 aromatic heterocycles. The summed E-state index contributed by atoms with van der Waals surface area (Å²) in [6.45, 7) is 9.53. The van der Waals surface area contributed by atoms with E-state index in [2.05, 4.69) is 25.8 Å². The second-order valence-electron chi connectivity index (χ2n) is 4.61. The molecule has 0 N–H and O–H groups in total. The Balaban J connectivity index is 2.85. The van der Waals surface area contributed by atoms with Crippen LogP contribution in [0.3, 0.4) is 0 Å². The fourth-order valence-electron chi connectivity index (χ4n) is 1.50. The number of hydrogen-bond acceptors (Lipinski definition) is 3. The number of ether oxygens (including phenoxy) is 1. The third-order valence-electron chi connectivity index (χ3n) is 2.18. The summed E-state index contributed by atoms with van der Waals surface area (Å²) in [5.74, 6) is 0.705. The second-order valence-corrected chi connectivity index (χ2v) is 4.61. The van der Waals surface area contributed by atoms with Crippen molar-refractivity contribution in [1.82, 2.24) is 0 Å². The molecule has 13 heavy (non-hydrogen) atoms. The second kappa shape index (κ2) is 3.13. The minimum Gasteiger partial charge on any atom is -0.475 e. The van der Waals surface area contributed by atoms with Crippen molar-refractivity contribution in [2.24, 2.45) is 10.4 Å². The van der Waals surface area contributed by atoms with Crippen LogP contribution in [0.1, 0.15) is 34.6 Å². The number of hydrogen-bond donors (Lipinski definition) is 0. The van der Waals surface area contributed by atoms with Crippen molar-refractivity contribution in [2.45, 2.75) is 46.8 Å². The number of Topliss-reactive ketones (excluding diaryl/α,β-unsaturated/α-hetero) is 1. The molecule has 0 aliphatic carbocycles. The Morgan fingerprint density at radius 2 is 2.00 bits per heavy atom. The third kappa shape index (κ3) is 2.08. The van der Waals surface area contributed by atoms with E-state index in [4.69, 9.17) is 4.74 Å². The lowest BCUT2D eigenvalue weighted by Gasteiger charge is -2.28. The number of carbonyl (C=O) groups excluding carboxylic acids is 1. The first-order valence-corrected chi connectivity index (χ1v) is 4.54. The molecule has 0 aromatic carbocycles. The van der Waals surface area contributed by atoms with E-state index >= 15 is 0 Å². The van der Waals surface area contributed by atoms with Gasteiger partial charge in [0.1, 0.15) is 12.1 Å². The Hall–Kier alpha value is -0.860. The Morgan fingerprint density at radius 1 is 1.46 bits per heavy atom. The summed E-state index contributed by atoms with van der Waals surface area (Å²) in [5, 5.41) is 0. The van der Waals surface area contributed by atoms with Crippen LogP contribution in [0.15, 0.2) is 4.99 Å². The summed E-state index contributed by atoms with van der Waals surface area (Å²) in [6.07, 6.45) is -0.106. The van der Waals surface area contributed by atoms with Gasteiger partial charge < -0.3 is 4.74 Å². The standard InChI is InChI=1S/C10H17NO2/c1-6(12)8-9(10(3,4)5)13-7(2)11-8/h8-9H,1-5H3. The van der Waals surface area contributed by atoms with Crippen LogP contribution in [-0.2, 0) is 9.53 Å². The summed E-state index contributed by atoms with van der Waals surface area (Å²) in [5.41, 5.74) is -0.0441. The molecule has 0 aromatic rings. The monoisotopic (exact) mass is 183 g/mol. The lowest BCUT2D eigenvalue weighted by atomic mass is 9.84. The summed E-state index contributed by atoms with van der Waals surface area (Å²) in [6, 6.07) is -0.306. The molecule has 74 valence electrons. The van der Waals surface area contributed by atoms with Gasteiger partial charge in [0, 0.05) is 12.3 Å². The Morgan fingerprint density at radius 3 is 2.31 bits per heavy atom. The number of carbonyl (C=O) groups is 1. The first-order chi connectivity index (χ1) is 5.82. The van der Waals surface area contributed by atoms with Crippen LogP contribution in [0.25, 0.3) is 0 Å². The SMILES string of the molecule is CC(=O)C1N=C(C)OC1C(C)(C)C. The highest BCUT2D eigenvalue weighted by molar-refractivity contribution is 5.88. The lowest BCUT2D eigenvalue weighted by molar-refractivity contribution is -0.120. The van der Waals surface area contributed by atoms with Crippen molar-refractivity contribution >= 4 is 11.7 Å². The van der Waals surface area contributed by atoms with Gasteiger partial charge in [-0.3, -0.25) is 4.79 Å². The number of rotatable bonds is 1. The zero-order valence-corrected chi connectivity index (χ0v) is 8.92. The van der Waals surface area contributed by atoms with Gasteiger partial charge in [0.25, 0.3) is 0 Å². The fraction of sp³-hybridized carbons (Fsp3) is 0.800. The molecule has 1 rings (SSSR count). The summed E-state index contributed by atoms with van der Waals surface area (Å²) in [4.78, 5) is 15.4. The van der Waals surface area contributed by atoms with Gasteiger partial charge in [-0.1, -0.05) is 20.8 Å². The van der Waals surface area contributed by atoms with E-state index in [1.165, 1.54) is 0 Å². The highest BCUT2D eigenvalue weighted by Gasteiger charge is 2.40. The van der Waals surface area contributed by atoms with Crippen LogP contribution in [0.2, 0.25) is 0 Å². The molecule has 0 bridgehead atoms. The Bertz CT molecular complexity index is 250. The van der Waals surface area contributed by atoms with Gasteiger partial charge in [0.2, 0.25) is 0 Å². The highest BCUT2D eigenvalue weighted by atomic mass is 16.5. The summed E-state index contributed by atoms with van der Waals surface area (Å²) >= 11 is 0. The topological polar surface area (TPSA) is 38.7 Å². The predicted octanol–water partition coefficient (Wildman–Crippen LogP) is 1.81. The number of ketones is 1. The molecule has 0 fully saturated rings. The zero-order valence-electron chi connectivity index (χ0n) is 8.92. The largest absolute Gasteiger partial charge is 0.475 e. The van der Waals surface area contributed by atoms with E-state index in [1.54, 1.807) is 13.8 Å². The van der Waals surface area contributed by atoms with Gasteiger partial charge >= 0.3 is 0 Å². The maximum absolute atomic E-state index is 11.3.